The maximum absolute atomic E-state index is 13.1. The van der Waals surface area contributed by atoms with Gasteiger partial charge >= 0.3 is 0 Å². The molecule has 0 aliphatic rings. The Morgan fingerprint density at radius 2 is 1.37 bits per heavy atom. The highest BCUT2D eigenvalue weighted by Gasteiger charge is 2.15. The van der Waals surface area contributed by atoms with Crippen molar-refractivity contribution in [1.82, 2.24) is 4.57 Å². The van der Waals surface area contributed by atoms with E-state index in [2.05, 4.69) is 39.0 Å². The molecule has 0 fully saturated rings. The van der Waals surface area contributed by atoms with Crippen molar-refractivity contribution in [2.24, 2.45) is 0 Å². The lowest BCUT2D eigenvalue weighted by molar-refractivity contribution is 0.590. The molecule has 0 atom stereocenters. The Morgan fingerprint density at radius 3 is 2.04 bits per heavy atom. The molecule has 0 N–H and O–H groups in total. The van der Waals surface area contributed by atoms with Crippen LogP contribution >= 0.6 is 0 Å². The molecule has 0 radical (unpaired) electrons. The van der Waals surface area contributed by atoms with Gasteiger partial charge in [0.05, 0.1) is 5.52 Å². The second-order valence-electron chi connectivity index (χ2n) is 7.91. The summed E-state index contributed by atoms with van der Waals surface area (Å²) in [5.74, 6) is 0. The molecule has 3 aromatic carbocycles. The zero-order valence-corrected chi connectivity index (χ0v) is 15.9. The molecule has 27 heavy (non-hydrogen) atoms. The Kier molecular flexibility index (Phi) is 4.19. The van der Waals surface area contributed by atoms with Crippen LogP contribution in [0.1, 0.15) is 26.3 Å². The van der Waals surface area contributed by atoms with Gasteiger partial charge in [0.25, 0.3) is 5.56 Å². The number of hydrogen-bond donors (Lipinski definition) is 0. The first-order valence-corrected chi connectivity index (χ1v) is 9.26. The number of aromatic nitrogens is 1. The van der Waals surface area contributed by atoms with Gasteiger partial charge in [0.2, 0.25) is 0 Å². The molecule has 2 nitrogen and oxygen atoms in total. The van der Waals surface area contributed by atoms with Crippen molar-refractivity contribution in [1.29, 1.82) is 0 Å². The number of benzene rings is 3. The van der Waals surface area contributed by atoms with Crippen LogP contribution in [0.5, 0.6) is 0 Å². The van der Waals surface area contributed by atoms with Crippen molar-refractivity contribution in [2.45, 2.75) is 26.2 Å². The Bertz CT molecular complexity index is 1150. The predicted octanol–water partition coefficient (Wildman–Crippen LogP) is 5.96. The van der Waals surface area contributed by atoms with E-state index in [1.807, 2.05) is 60.7 Å². The molecule has 1 aromatic heterocycles. The average Bonchev–Trinajstić information content (AvgIpc) is 2.67. The lowest BCUT2D eigenvalue weighted by Crippen LogP contribution is -2.19. The zero-order valence-electron chi connectivity index (χ0n) is 15.9. The quantitative estimate of drug-likeness (QED) is 0.436. The third-order valence-corrected chi connectivity index (χ3v) is 5.00. The Hall–Kier alpha value is -3.13. The van der Waals surface area contributed by atoms with Crippen LogP contribution in [0.15, 0.2) is 89.7 Å². The smallest absolute Gasteiger partial charge is 0.256 e. The van der Waals surface area contributed by atoms with Crippen molar-refractivity contribution in [3.05, 3.63) is 101 Å². The molecule has 0 unspecified atom stereocenters. The topological polar surface area (TPSA) is 22.0 Å². The summed E-state index contributed by atoms with van der Waals surface area (Å²) in [6, 6.07) is 28.2. The predicted molar refractivity (Wildman–Crippen MR) is 114 cm³/mol. The Morgan fingerprint density at radius 1 is 0.741 bits per heavy atom. The fourth-order valence-corrected chi connectivity index (χ4v) is 3.51. The van der Waals surface area contributed by atoms with Crippen LogP contribution in [0.2, 0.25) is 0 Å². The zero-order chi connectivity index (χ0) is 19.0. The second kappa shape index (κ2) is 6.55. The molecule has 0 spiro atoms. The third kappa shape index (κ3) is 3.19. The summed E-state index contributed by atoms with van der Waals surface area (Å²) in [6.07, 6.45) is 0. The summed E-state index contributed by atoms with van der Waals surface area (Å²) >= 11 is 0. The number of rotatable bonds is 2. The summed E-state index contributed by atoms with van der Waals surface area (Å²) < 4.78 is 1.80. The van der Waals surface area contributed by atoms with Crippen molar-refractivity contribution in [3.8, 4) is 16.8 Å². The van der Waals surface area contributed by atoms with E-state index in [4.69, 9.17) is 0 Å². The van der Waals surface area contributed by atoms with Crippen LogP contribution in [0.25, 0.3) is 27.7 Å². The van der Waals surface area contributed by atoms with E-state index >= 15 is 0 Å². The number of nitrogens with zero attached hydrogens (tertiary/aromatic N) is 1. The number of pyridine rings is 1. The molecule has 0 amide bonds. The molecular formula is C25H23NO. The Labute approximate surface area is 159 Å². The molecule has 0 bridgehead atoms. The second-order valence-corrected chi connectivity index (χ2v) is 7.91. The van der Waals surface area contributed by atoms with E-state index in [0.29, 0.717) is 0 Å². The fourth-order valence-electron chi connectivity index (χ4n) is 3.51. The van der Waals surface area contributed by atoms with Crippen molar-refractivity contribution < 1.29 is 0 Å². The van der Waals surface area contributed by atoms with Crippen LogP contribution in [0.3, 0.4) is 0 Å². The van der Waals surface area contributed by atoms with Gasteiger partial charge in [-0.3, -0.25) is 9.36 Å². The third-order valence-electron chi connectivity index (χ3n) is 5.00. The Balaban J connectivity index is 1.96. The molecule has 0 saturated heterocycles. The van der Waals surface area contributed by atoms with Gasteiger partial charge in [-0.15, -0.1) is 0 Å². The summed E-state index contributed by atoms with van der Waals surface area (Å²) in [7, 11) is 0. The minimum Gasteiger partial charge on any atom is -0.277 e. The van der Waals surface area contributed by atoms with E-state index in [1.54, 1.807) is 10.6 Å². The molecule has 0 aliphatic carbocycles. The molecular weight excluding hydrogens is 330 g/mol. The minimum absolute atomic E-state index is 0.0175. The van der Waals surface area contributed by atoms with E-state index < -0.39 is 0 Å². The van der Waals surface area contributed by atoms with Crippen LogP contribution in [0, 0.1) is 0 Å². The minimum atomic E-state index is -0.0175. The monoisotopic (exact) mass is 353 g/mol. The number of para-hydroxylation sites is 1. The SMILES string of the molecule is CC(C)(C)c1ccc(-n2c(=O)cc(-c3ccccc3)c3ccccc32)cc1. The first-order chi connectivity index (χ1) is 12.9. The highest BCUT2D eigenvalue weighted by Crippen LogP contribution is 2.29. The van der Waals surface area contributed by atoms with Crippen LogP contribution in [0.4, 0.5) is 0 Å². The van der Waals surface area contributed by atoms with Gasteiger partial charge in [0.15, 0.2) is 0 Å². The van der Waals surface area contributed by atoms with Crippen LogP contribution < -0.4 is 5.56 Å². The van der Waals surface area contributed by atoms with E-state index in [0.717, 1.165) is 27.7 Å². The van der Waals surface area contributed by atoms with Gasteiger partial charge in [-0.05, 0) is 40.3 Å². The van der Waals surface area contributed by atoms with Gasteiger partial charge in [-0.1, -0.05) is 81.4 Å². The summed E-state index contributed by atoms with van der Waals surface area (Å²) in [5.41, 5.74) is 5.17. The van der Waals surface area contributed by atoms with E-state index in [9.17, 15) is 4.79 Å². The van der Waals surface area contributed by atoms with Crippen molar-refractivity contribution >= 4 is 10.9 Å². The molecule has 4 aromatic rings. The molecule has 2 heteroatoms. The standard InChI is InChI=1S/C25H23NO/c1-25(2,3)19-13-15-20(16-14-19)26-23-12-8-7-11-21(23)22(17-24(26)27)18-9-5-4-6-10-18/h4-17H,1-3H3. The highest BCUT2D eigenvalue weighted by molar-refractivity contribution is 5.95. The van der Waals surface area contributed by atoms with Gasteiger partial charge < -0.3 is 0 Å². The van der Waals surface area contributed by atoms with Gasteiger partial charge in [-0.25, -0.2) is 0 Å². The summed E-state index contributed by atoms with van der Waals surface area (Å²) in [4.78, 5) is 13.1. The number of fused-ring (bicyclic) bond motifs is 1. The van der Waals surface area contributed by atoms with E-state index in [1.165, 1.54) is 5.56 Å². The fraction of sp³-hybridized carbons (Fsp3) is 0.160. The summed E-state index contributed by atoms with van der Waals surface area (Å²) in [5, 5.41) is 1.07. The normalized spacial score (nSPS) is 11.7. The van der Waals surface area contributed by atoms with Gasteiger partial charge in [0.1, 0.15) is 0 Å². The molecule has 134 valence electrons. The van der Waals surface area contributed by atoms with Crippen molar-refractivity contribution in [3.63, 3.8) is 0 Å². The average molecular weight is 353 g/mol. The number of hydrogen-bond acceptors (Lipinski definition) is 1. The lowest BCUT2D eigenvalue weighted by atomic mass is 9.87. The molecule has 1 heterocycles. The van der Waals surface area contributed by atoms with Crippen LogP contribution in [-0.4, -0.2) is 4.57 Å². The van der Waals surface area contributed by atoms with Crippen molar-refractivity contribution in [2.75, 3.05) is 0 Å². The van der Waals surface area contributed by atoms with Crippen LogP contribution in [-0.2, 0) is 5.41 Å². The van der Waals surface area contributed by atoms with Gasteiger partial charge in [-0.2, -0.15) is 0 Å². The lowest BCUT2D eigenvalue weighted by Gasteiger charge is -2.20. The largest absolute Gasteiger partial charge is 0.277 e. The first kappa shape index (κ1) is 17.3. The molecule has 4 rings (SSSR count). The summed E-state index contributed by atoms with van der Waals surface area (Å²) in [6.45, 7) is 6.58. The molecule has 0 aliphatic heterocycles. The highest BCUT2D eigenvalue weighted by atomic mass is 16.1. The van der Waals surface area contributed by atoms with E-state index in [-0.39, 0.29) is 11.0 Å². The maximum Gasteiger partial charge on any atom is 0.256 e. The maximum atomic E-state index is 13.1. The molecule has 0 saturated carbocycles. The first-order valence-electron chi connectivity index (χ1n) is 9.26. The van der Waals surface area contributed by atoms with Gasteiger partial charge in [0, 0.05) is 17.1 Å².